The van der Waals surface area contributed by atoms with Crippen molar-refractivity contribution in [3.05, 3.63) is 0 Å². The second-order valence-electron chi connectivity index (χ2n) is 7.63. The molecule has 0 fully saturated rings. The van der Waals surface area contributed by atoms with Crippen molar-refractivity contribution in [2.75, 3.05) is 6.61 Å². The Morgan fingerprint density at radius 3 is 1.80 bits per heavy atom. The van der Waals surface area contributed by atoms with E-state index in [1.807, 2.05) is 41.5 Å². The first-order valence-electron chi connectivity index (χ1n) is 7.38. The summed E-state index contributed by atoms with van der Waals surface area (Å²) in [6, 6.07) is 0. The highest BCUT2D eigenvalue weighted by Gasteiger charge is 2.43. The molecule has 0 heterocycles. The fourth-order valence-corrected chi connectivity index (χ4v) is 2.51. The molecule has 120 valence electrons. The van der Waals surface area contributed by atoms with Crippen LogP contribution in [0.15, 0.2) is 0 Å². The van der Waals surface area contributed by atoms with Crippen molar-refractivity contribution in [2.45, 2.75) is 67.6 Å². The lowest BCUT2D eigenvalue weighted by Gasteiger charge is -2.38. The molecule has 4 nitrogen and oxygen atoms in total. The molecular formula is C16H32O4. The number of ether oxygens (including phenoxy) is 1. The molecule has 0 aromatic rings. The molecule has 0 saturated heterocycles. The number of aliphatic hydroxyl groups is 2. The molecule has 0 aromatic carbocycles. The average molecular weight is 288 g/mol. The summed E-state index contributed by atoms with van der Waals surface area (Å²) in [5, 5.41) is 19.7. The number of rotatable bonds is 7. The van der Waals surface area contributed by atoms with Gasteiger partial charge in [-0.05, 0) is 25.7 Å². The Morgan fingerprint density at radius 1 is 1.05 bits per heavy atom. The highest BCUT2D eigenvalue weighted by Crippen LogP contribution is 2.33. The van der Waals surface area contributed by atoms with Crippen LogP contribution in [0.1, 0.15) is 55.4 Å². The minimum atomic E-state index is -0.965. The molecule has 4 heteroatoms. The minimum absolute atomic E-state index is 0.0269. The smallest absolute Gasteiger partial charge is 0.314 e. The fraction of sp³-hybridized carbons (Fsp3) is 0.938. The molecule has 2 atom stereocenters. The second kappa shape index (κ2) is 6.90. The first kappa shape index (κ1) is 19.4. The van der Waals surface area contributed by atoms with Crippen LogP contribution >= 0.6 is 0 Å². The van der Waals surface area contributed by atoms with Gasteiger partial charge in [-0.25, -0.2) is 0 Å². The number of hydrogen-bond acceptors (Lipinski definition) is 4. The van der Waals surface area contributed by atoms with Crippen LogP contribution in [0.2, 0.25) is 0 Å². The van der Waals surface area contributed by atoms with E-state index in [2.05, 4.69) is 0 Å². The van der Waals surface area contributed by atoms with E-state index in [0.717, 1.165) is 0 Å². The van der Waals surface area contributed by atoms with Crippen LogP contribution in [0.4, 0.5) is 0 Å². The third kappa shape index (κ3) is 4.45. The van der Waals surface area contributed by atoms with E-state index in [9.17, 15) is 15.0 Å². The molecule has 0 rings (SSSR count). The third-order valence-corrected chi connectivity index (χ3v) is 3.91. The fourth-order valence-electron chi connectivity index (χ4n) is 2.51. The van der Waals surface area contributed by atoms with Crippen molar-refractivity contribution >= 4 is 5.97 Å². The first-order chi connectivity index (χ1) is 8.87. The lowest BCUT2D eigenvalue weighted by atomic mass is 9.79. The zero-order valence-electron chi connectivity index (χ0n) is 14.2. The zero-order valence-corrected chi connectivity index (χ0v) is 14.2. The van der Waals surface area contributed by atoms with Crippen molar-refractivity contribution < 1.29 is 19.7 Å². The molecule has 0 bridgehead atoms. The van der Waals surface area contributed by atoms with E-state index < -0.39 is 29.0 Å². The SMILES string of the molecule is CC(C)C(OC(=O)C(C)(C)C(O)C(C)C)C(C)(C)CO. The minimum Gasteiger partial charge on any atom is -0.461 e. The molecule has 20 heavy (non-hydrogen) atoms. The summed E-state index contributed by atoms with van der Waals surface area (Å²) in [6.45, 7) is 14.7. The van der Waals surface area contributed by atoms with Crippen LogP contribution in [0.3, 0.4) is 0 Å². The van der Waals surface area contributed by atoms with Gasteiger partial charge in [-0.2, -0.15) is 0 Å². The van der Waals surface area contributed by atoms with Crippen LogP contribution in [0.25, 0.3) is 0 Å². The summed E-state index contributed by atoms with van der Waals surface area (Å²) in [6.07, 6.45) is -1.15. The van der Waals surface area contributed by atoms with Gasteiger partial charge in [-0.15, -0.1) is 0 Å². The molecule has 0 aliphatic heterocycles. The van der Waals surface area contributed by atoms with E-state index in [4.69, 9.17) is 4.74 Å². The Hall–Kier alpha value is -0.610. The molecule has 0 aromatic heterocycles. The van der Waals surface area contributed by atoms with Gasteiger partial charge >= 0.3 is 5.97 Å². The van der Waals surface area contributed by atoms with Gasteiger partial charge in [0.2, 0.25) is 0 Å². The lowest BCUT2D eigenvalue weighted by Crippen LogP contribution is -2.47. The maximum Gasteiger partial charge on any atom is 0.314 e. The molecule has 0 amide bonds. The Morgan fingerprint density at radius 2 is 1.50 bits per heavy atom. The normalized spacial score (nSPS) is 16.4. The van der Waals surface area contributed by atoms with Gasteiger partial charge in [0, 0.05) is 5.41 Å². The Kier molecular flexibility index (Phi) is 6.69. The van der Waals surface area contributed by atoms with E-state index >= 15 is 0 Å². The van der Waals surface area contributed by atoms with Crippen molar-refractivity contribution in [2.24, 2.45) is 22.7 Å². The van der Waals surface area contributed by atoms with E-state index in [1.54, 1.807) is 13.8 Å². The van der Waals surface area contributed by atoms with Gasteiger partial charge in [0.15, 0.2) is 0 Å². The number of carbonyl (C=O) groups excluding carboxylic acids is 1. The largest absolute Gasteiger partial charge is 0.461 e. The quantitative estimate of drug-likeness (QED) is 0.707. The van der Waals surface area contributed by atoms with Gasteiger partial charge in [-0.1, -0.05) is 41.5 Å². The Balaban J connectivity index is 5.12. The summed E-state index contributed by atoms with van der Waals surface area (Å²) in [4.78, 5) is 12.4. The van der Waals surface area contributed by atoms with Gasteiger partial charge in [0.05, 0.1) is 18.1 Å². The summed E-state index contributed by atoms with van der Waals surface area (Å²) in [7, 11) is 0. The zero-order chi connectivity index (χ0) is 16.3. The van der Waals surface area contributed by atoms with Gasteiger partial charge in [-0.3, -0.25) is 4.79 Å². The predicted molar refractivity (Wildman–Crippen MR) is 80.2 cm³/mol. The maximum absolute atomic E-state index is 12.4. The topological polar surface area (TPSA) is 66.8 Å². The van der Waals surface area contributed by atoms with E-state index in [0.29, 0.717) is 0 Å². The van der Waals surface area contributed by atoms with Crippen LogP contribution in [-0.4, -0.2) is 35.0 Å². The van der Waals surface area contributed by atoms with Crippen molar-refractivity contribution in [1.82, 2.24) is 0 Å². The monoisotopic (exact) mass is 288 g/mol. The van der Waals surface area contributed by atoms with Crippen LogP contribution in [-0.2, 0) is 9.53 Å². The molecule has 0 aliphatic rings. The molecular weight excluding hydrogens is 256 g/mol. The van der Waals surface area contributed by atoms with Crippen LogP contribution < -0.4 is 0 Å². The van der Waals surface area contributed by atoms with Crippen molar-refractivity contribution in [1.29, 1.82) is 0 Å². The summed E-state index contributed by atoms with van der Waals surface area (Å²) < 4.78 is 5.64. The lowest BCUT2D eigenvalue weighted by molar-refractivity contribution is -0.179. The van der Waals surface area contributed by atoms with Crippen molar-refractivity contribution in [3.63, 3.8) is 0 Å². The van der Waals surface area contributed by atoms with Crippen LogP contribution in [0, 0.1) is 22.7 Å². The standard InChI is InChI=1S/C16H32O4/c1-10(2)12(18)16(7,8)14(19)20-13(11(3)4)15(5,6)9-17/h10-13,17-18H,9H2,1-8H3. The van der Waals surface area contributed by atoms with E-state index in [1.165, 1.54) is 0 Å². The van der Waals surface area contributed by atoms with E-state index in [-0.39, 0.29) is 18.4 Å². The van der Waals surface area contributed by atoms with Crippen molar-refractivity contribution in [3.8, 4) is 0 Å². The molecule has 0 spiro atoms. The molecule has 0 radical (unpaired) electrons. The van der Waals surface area contributed by atoms with Gasteiger partial charge in [0.1, 0.15) is 6.10 Å². The van der Waals surface area contributed by atoms with Gasteiger partial charge < -0.3 is 14.9 Å². The number of aliphatic hydroxyl groups excluding tert-OH is 2. The third-order valence-electron chi connectivity index (χ3n) is 3.91. The molecule has 2 unspecified atom stereocenters. The highest BCUT2D eigenvalue weighted by molar-refractivity contribution is 5.77. The number of esters is 1. The maximum atomic E-state index is 12.4. The van der Waals surface area contributed by atoms with Crippen LogP contribution in [0.5, 0.6) is 0 Å². The second-order valence-corrected chi connectivity index (χ2v) is 7.63. The molecule has 2 N–H and O–H groups in total. The molecule has 0 saturated carbocycles. The average Bonchev–Trinajstić information content (AvgIpc) is 2.33. The Bertz CT molecular complexity index is 318. The predicted octanol–water partition coefficient (Wildman–Crippen LogP) is 2.62. The summed E-state index contributed by atoms with van der Waals surface area (Å²) in [5.41, 5.74) is -1.48. The number of carbonyl (C=O) groups is 1. The molecule has 0 aliphatic carbocycles. The number of hydrogen-bond donors (Lipinski definition) is 2. The summed E-state index contributed by atoms with van der Waals surface area (Å²) >= 11 is 0. The Labute approximate surface area is 123 Å². The van der Waals surface area contributed by atoms with Gasteiger partial charge in [0.25, 0.3) is 0 Å². The first-order valence-corrected chi connectivity index (χ1v) is 7.38. The highest BCUT2D eigenvalue weighted by atomic mass is 16.5. The summed E-state index contributed by atoms with van der Waals surface area (Å²) in [5.74, 6) is -0.354.